The van der Waals surface area contributed by atoms with Crippen molar-refractivity contribution in [3.8, 4) is 11.5 Å². The van der Waals surface area contributed by atoms with E-state index in [0.717, 1.165) is 0 Å². The third-order valence-corrected chi connectivity index (χ3v) is 5.74. The molecule has 1 saturated heterocycles. The van der Waals surface area contributed by atoms with Crippen LogP contribution in [-0.4, -0.2) is 62.5 Å². The van der Waals surface area contributed by atoms with Crippen molar-refractivity contribution in [3.05, 3.63) is 53.6 Å². The summed E-state index contributed by atoms with van der Waals surface area (Å²) in [6.45, 7) is 2.61. The first-order chi connectivity index (χ1) is 15.5. The number of carbonyl (C=O) groups is 3. The number of hydrogen-bond acceptors (Lipinski definition) is 7. The van der Waals surface area contributed by atoms with Gasteiger partial charge >= 0.3 is 5.97 Å². The van der Waals surface area contributed by atoms with Crippen LogP contribution in [-0.2, 0) is 9.53 Å². The quantitative estimate of drug-likeness (QED) is 0.547. The maximum absolute atomic E-state index is 12.9. The Balaban J connectivity index is 1.26. The number of nitrogens with one attached hydrogen (secondary N) is 1. The van der Waals surface area contributed by atoms with E-state index < -0.39 is 5.97 Å². The second-order valence-corrected chi connectivity index (χ2v) is 7.89. The Morgan fingerprint density at radius 2 is 1.62 bits per heavy atom. The lowest BCUT2D eigenvalue weighted by molar-refractivity contribution is -0.117. The predicted molar refractivity (Wildman–Crippen MR) is 117 cm³/mol. The van der Waals surface area contributed by atoms with Gasteiger partial charge in [0.2, 0.25) is 5.91 Å². The van der Waals surface area contributed by atoms with E-state index in [1.165, 1.54) is 7.11 Å². The Kier molecular flexibility index (Phi) is 6.70. The number of fused-ring (bicyclic) bond motifs is 1. The van der Waals surface area contributed by atoms with Gasteiger partial charge in [-0.15, -0.1) is 0 Å². The Hall–Kier alpha value is -3.39. The van der Waals surface area contributed by atoms with Gasteiger partial charge in [-0.25, -0.2) is 4.79 Å². The highest BCUT2D eigenvalue weighted by atomic mass is 16.6. The van der Waals surface area contributed by atoms with Crippen LogP contribution in [0.2, 0.25) is 0 Å². The minimum absolute atomic E-state index is 0.0669. The van der Waals surface area contributed by atoms with Crippen LogP contribution in [0.3, 0.4) is 0 Å². The molecule has 0 aromatic heterocycles. The average molecular weight is 438 g/mol. The van der Waals surface area contributed by atoms with E-state index in [9.17, 15) is 14.4 Å². The van der Waals surface area contributed by atoms with E-state index in [4.69, 9.17) is 9.47 Å². The highest BCUT2D eigenvalue weighted by Gasteiger charge is 2.27. The number of nitrogens with zero attached hydrogens (tertiary/aromatic N) is 1. The molecule has 0 radical (unpaired) electrons. The second kappa shape index (κ2) is 9.82. The van der Waals surface area contributed by atoms with Gasteiger partial charge in [-0.2, -0.15) is 0 Å². The van der Waals surface area contributed by atoms with Crippen LogP contribution in [0.25, 0.3) is 0 Å². The summed E-state index contributed by atoms with van der Waals surface area (Å²) in [6.07, 6.45) is 1.41. The number of esters is 1. The molecule has 0 atom stereocenters. The molecule has 8 heteroatoms. The minimum atomic E-state index is -0.420. The summed E-state index contributed by atoms with van der Waals surface area (Å²) < 4.78 is 15.8. The summed E-state index contributed by atoms with van der Waals surface area (Å²) in [5.41, 5.74) is 1.68. The van der Waals surface area contributed by atoms with E-state index in [1.807, 2.05) is 4.90 Å². The van der Waals surface area contributed by atoms with Crippen molar-refractivity contribution in [1.29, 1.82) is 0 Å². The monoisotopic (exact) mass is 438 g/mol. The summed E-state index contributed by atoms with van der Waals surface area (Å²) in [4.78, 5) is 38.9. The van der Waals surface area contributed by atoms with E-state index >= 15 is 0 Å². The molecular formula is C24H26N2O6. The van der Waals surface area contributed by atoms with Crippen molar-refractivity contribution >= 4 is 23.3 Å². The van der Waals surface area contributed by atoms with Gasteiger partial charge in [0.25, 0.3) is 0 Å². The molecule has 4 rings (SSSR count). The van der Waals surface area contributed by atoms with Crippen LogP contribution < -0.4 is 14.8 Å². The van der Waals surface area contributed by atoms with Gasteiger partial charge in [-0.05, 0) is 68.4 Å². The molecule has 2 aliphatic rings. The molecule has 2 aromatic carbocycles. The molecule has 8 nitrogen and oxygen atoms in total. The third kappa shape index (κ3) is 5.08. The Morgan fingerprint density at radius 1 is 0.969 bits per heavy atom. The first-order valence-electron chi connectivity index (χ1n) is 10.7. The lowest BCUT2D eigenvalue weighted by atomic mass is 9.88. The normalized spacial score (nSPS) is 16.3. The van der Waals surface area contributed by atoms with Crippen molar-refractivity contribution in [2.24, 2.45) is 5.92 Å². The molecular weight excluding hydrogens is 412 g/mol. The molecule has 32 heavy (non-hydrogen) atoms. The number of ether oxygens (including phenoxy) is 3. The van der Waals surface area contributed by atoms with Crippen LogP contribution >= 0.6 is 0 Å². The minimum Gasteiger partial charge on any atom is -0.486 e. The SMILES string of the molecule is COC(=O)c1ccc(NC(=O)CN2CCC(C(=O)c3ccc4c(c3)OCCO4)CC2)cc1. The molecule has 0 spiro atoms. The fourth-order valence-electron chi connectivity index (χ4n) is 4.00. The Morgan fingerprint density at radius 3 is 2.31 bits per heavy atom. The lowest BCUT2D eigenvalue weighted by Gasteiger charge is -2.30. The summed E-state index contributed by atoms with van der Waals surface area (Å²) in [7, 11) is 1.32. The van der Waals surface area contributed by atoms with Crippen molar-refractivity contribution in [1.82, 2.24) is 4.90 Å². The highest BCUT2D eigenvalue weighted by molar-refractivity contribution is 5.98. The number of piperidine rings is 1. The number of hydrogen-bond donors (Lipinski definition) is 1. The zero-order valence-corrected chi connectivity index (χ0v) is 18.0. The van der Waals surface area contributed by atoms with E-state index in [1.54, 1.807) is 42.5 Å². The van der Waals surface area contributed by atoms with Crippen molar-refractivity contribution in [2.45, 2.75) is 12.8 Å². The van der Waals surface area contributed by atoms with Crippen LogP contribution in [0.4, 0.5) is 5.69 Å². The summed E-state index contributed by atoms with van der Waals surface area (Å²) >= 11 is 0. The molecule has 2 heterocycles. The maximum Gasteiger partial charge on any atom is 0.337 e. The van der Waals surface area contributed by atoms with Gasteiger partial charge < -0.3 is 19.5 Å². The van der Waals surface area contributed by atoms with Gasteiger partial charge in [-0.1, -0.05) is 0 Å². The molecule has 2 aromatic rings. The summed E-state index contributed by atoms with van der Waals surface area (Å²) in [6, 6.07) is 11.9. The number of ketones is 1. The van der Waals surface area contributed by atoms with Crippen LogP contribution in [0.15, 0.2) is 42.5 Å². The summed E-state index contributed by atoms with van der Waals surface area (Å²) in [5.74, 6) is 0.785. The zero-order chi connectivity index (χ0) is 22.5. The fraction of sp³-hybridized carbons (Fsp3) is 0.375. The topological polar surface area (TPSA) is 94.2 Å². The molecule has 1 amide bonds. The predicted octanol–water partition coefficient (Wildman–Crippen LogP) is 2.78. The van der Waals surface area contributed by atoms with Crippen molar-refractivity contribution in [2.75, 3.05) is 45.3 Å². The van der Waals surface area contributed by atoms with E-state index in [-0.39, 0.29) is 24.2 Å². The van der Waals surface area contributed by atoms with Crippen LogP contribution in [0.1, 0.15) is 33.6 Å². The van der Waals surface area contributed by atoms with Gasteiger partial charge in [0.1, 0.15) is 13.2 Å². The number of anilines is 1. The summed E-state index contributed by atoms with van der Waals surface area (Å²) in [5, 5.41) is 2.84. The fourth-order valence-corrected chi connectivity index (χ4v) is 4.00. The Bertz CT molecular complexity index is 996. The van der Waals surface area contributed by atoms with Crippen molar-refractivity contribution < 1.29 is 28.6 Å². The largest absolute Gasteiger partial charge is 0.486 e. The number of rotatable bonds is 6. The van der Waals surface area contributed by atoms with Crippen LogP contribution in [0, 0.1) is 5.92 Å². The standard InChI is InChI=1S/C24H26N2O6/c1-30-24(29)17-2-5-19(6-3-17)25-22(27)15-26-10-8-16(9-11-26)23(28)18-4-7-20-21(14-18)32-13-12-31-20/h2-7,14,16H,8-13,15H2,1H3,(H,25,27). The highest BCUT2D eigenvalue weighted by Crippen LogP contribution is 2.32. The molecule has 0 bridgehead atoms. The van der Waals surface area contributed by atoms with Gasteiger partial charge in [0, 0.05) is 17.2 Å². The molecule has 1 N–H and O–H groups in total. The first-order valence-corrected chi connectivity index (χ1v) is 10.7. The molecule has 1 fully saturated rings. The average Bonchev–Trinajstić information content (AvgIpc) is 2.83. The molecule has 0 unspecified atom stereocenters. The lowest BCUT2D eigenvalue weighted by Crippen LogP contribution is -2.40. The first kappa shape index (κ1) is 21.8. The van der Waals surface area contributed by atoms with Gasteiger partial charge in [0.15, 0.2) is 17.3 Å². The second-order valence-electron chi connectivity index (χ2n) is 7.89. The third-order valence-electron chi connectivity index (χ3n) is 5.74. The maximum atomic E-state index is 12.9. The van der Waals surface area contributed by atoms with Gasteiger partial charge in [-0.3, -0.25) is 14.5 Å². The molecule has 0 aliphatic carbocycles. The number of methoxy groups -OCH3 is 1. The zero-order valence-electron chi connectivity index (χ0n) is 18.0. The number of benzene rings is 2. The number of likely N-dealkylation sites (tertiary alicyclic amines) is 1. The van der Waals surface area contributed by atoms with E-state index in [0.29, 0.717) is 67.5 Å². The number of amides is 1. The molecule has 0 saturated carbocycles. The van der Waals surface area contributed by atoms with Crippen LogP contribution in [0.5, 0.6) is 11.5 Å². The smallest absolute Gasteiger partial charge is 0.337 e. The molecule has 2 aliphatic heterocycles. The molecule has 168 valence electrons. The Labute approximate surface area is 186 Å². The van der Waals surface area contributed by atoms with Gasteiger partial charge in [0.05, 0.1) is 19.2 Å². The van der Waals surface area contributed by atoms with Crippen molar-refractivity contribution in [3.63, 3.8) is 0 Å². The number of Topliss-reactive ketones (excluding diaryl/α,β-unsaturated/α-hetero) is 1. The van der Waals surface area contributed by atoms with E-state index in [2.05, 4.69) is 10.1 Å². The number of carbonyl (C=O) groups excluding carboxylic acids is 3.